The van der Waals surface area contributed by atoms with Crippen molar-refractivity contribution in [2.45, 2.75) is 63.8 Å². The number of amides is 3. The first kappa shape index (κ1) is 16.3. The normalized spacial score (nSPS) is 29.5. The maximum atomic E-state index is 11.8. The third-order valence-corrected chi connectivity index (χ3v) is 5.62. The summed E-state index contributed by atoms with van der Waals surface area (Å²) in [5, 5.41) is 4.98. The molecule has 0 aromatic heterocycles. The van der Waals surface area contributed by atoms with Gasteiger partial charge in [0.15, 0.2) is 6.61 Å². The van der Waals surface area contributed by atoms with Crippen molar-refractivity contribution in [1.82, 2.24) is 10.6 Å². The first-order chi connectivity index (χ1) is 11.1. The summed E-state index contributed by atoms with van der Waals surface area (Å²) < 4.78 is 5.01. The van der Waals surface area contributed by atoms with E-state index in [0.29, 0.717) is 18.3 Å². The predicted molar refractivity (Wildman–Crippen MR) is 83.4 cm³/mol. The zero-order chi connectivity index (χ0) is 16.2. The minimum Gasteiger partial charge on any atom is -0.456 e. The van der Waals surface area contributed by atoms with Crippen molar-refractivity contribution in [2.75, 3.05) is 6.61 Å². The molecule has 23 heavy (non-hydrogen) atoms. The predicted octanol–water partition coefficient (Wildman–Crippen LogP) is 2.12. The molecule has 6 nitrogen and oxygen atoms in total. The molecule has 0 heterocycles. The van der Waals surface area contributed by atoms with Crippen LogP contribution in [-0.2, 0) is 14.3 Å². The van der Waals surface area contributed by atoms with Crippen molar-refractivity contribution in [2.24, 2.45) is 17.8 Å². The van der Waals surface area contributed by atoms with Crippen LogP contribution < -0.4 is 10.6 Å². The summed E-state index contributed by atoms with van der Waals surface area (Å²) in [6, 6.07) is -0.339. The number of hydrogen-bond acceptors (Lipinski definition) is 4. The summed E-state index contributed by atoms with van der Waals surface area (Å²) in [6.45, 7) is -0.377. The summed E-state index contributed by atoms with van der Waals surface area (Å²) in [7, 11) is 0. The lowest BCUT2D eigenvalue weighted by Gasteiger charge is -2.20. The Bertz CT molecular complexity index is 473. The van der Waals surface area contributed by atoms with Gasteiger partial charge in [-0.15, -0.1) is 0 Å². The van der Waals surface area contributed by atoms with E-state index in [9.17, 15) is 14.4 Å². The third kappa shape index (κ3) is 4.45. The smallest absolute Gasteiger partial charge is 0.321 e. The lowest BCUT2D eigenvalue weighted by Crippen LogP contribution is -2.45. The first-order valence-electron chi connectivity index (χ1n) is 8.86. The summed E-state index contributed by atoms with van der Waals surface area (Å²) in [5.74, 6) is 0.990. The molecule has 2 N–H and O–H groups in total. The monoisotopic (exact) mass is 322 g/mol. The zero-order valence-electron chi connectivity index (χ0n) is 13.5. The number of ether oxygens (including phenoxy) is 1. The highest BCUT2D eigenvalue weighted by Gasteiger charge is 2.40. The maximum Gasteiger partial charge on any atom is 0.321 e. The van der Waals surface area contributed by atoms with E-state index in [1.54, 1.807) is 0 Å². The number of urea groups is 1. The number of carbonyl (C=O) groups excluding carboxylic acids is 3. The third-order valence-electron chi connectivity index (χ3n) is 5.62. The number of hydrogen-bond donors (Lipinski definition) is 2. The second-order valence-corrected chi connectivity index (χ2v) is 7.30. The molecule has 0 spiro atoms. The van der Waals surface area contributed by atoms with E-state index in [1.807, 2.05) is 0 Å². The van der Waals surface area contributed by atoms with Crippen LogP contribution in [0.5, 0.6) is 0 Å². The second kappa shape index (κ2) is 7.32. The summed E-state index contributed by atoms with van der Waals surface area (Å²) in [5.41, 5.74) is 0. The van der Waals surface area contributed by atoms with Gasteiger partial charge in [-0.05, 0) is 49.9 Å². The number of nitrogens with one attached hydrogen (secondary N) is 2. The minimum atomic E-state index is -0.568. The lowest BCUT2D eigenvalue weighted by atomic mass is 9.86. The molecule has 3 atom stereocenters. The van der Waals surface area contributed by atoms with Crippen LogP contribution >= 0.6 is 0 Å². The molecule has 6 heteroatoms. The highest BCUT2D eigenvalue weighted by molar-refractivity contribution is 5.95. The lowest BCUT2D eigenvalue weighted by molar-refractivity contribution is -0.149. The Balaban J connectivity index is 1.30. The molecule has 3 saturated carbocycles. The highest BCUT2D eigenvalue weighted by atomic mass is 16.5. The van der Waals surface area contributed by atoms with Crippen LogP contribution in [-0.4, -0.2) is 30.6 Å². The van der Waals surface area contributed by atoms with Gasteiger partial charge in [-0.3, -0.25) is 14.9 Å². The molecule has 0 aromatic carbocycles. The Kier molecular flexibility index (Phi) is 5.18. The van der Waals surface area contributed by atoms with E-state index in [1.165, 1.54) is 19.3 Å². The molecule has 3 aliphatic carbocycles. The van der Waals surface area contributed by atoms with E-state index in [0.717, 1.165) is 38.0 Å². The maximum absolute atomic E-state index is 11.8. The Morgan fingerprint density at radius 2 is 1.78 bits per heavy atom. The average molecular weight is 322 g/mol. The van der Waals surface area contributed by atoms with Crippen LogP contribution in [0.1, 0.15) is 57.8 Å². The summed E-state index contributed by atoms with van der Waals surface area (Å²) in [4.78, 5) is 35.1. The van der Waals surface area contributed by atoms with Crippen molar-refractivity contribution in [3.05, 3.63) is 0 Å². The van der Waals surface area contributed by atoms with Crippen LogP contribution in [0.15, 0.2) is 0 Å². The molecule has 3 aliphatic rings. The van der Waals surface area contributed by atoms with Gasteiger partial charge in [0.1, 0.15) is 0 Å². The van der Waals surface area contributed by atoms with E-state index < -0.39 is 11.9 Å². The number of esters is 1. The summed E-state index contributed by atoms with van der Waals surface area (Å²) in [6.07, 6.45) is 9.44. The number of fused-ring (bicyclic) bond motifs is 2. The number of carbonyl (C=O) groups is 3. The van der Waals surface area contributed by atoms with Gasteiger partial charge >= 0.3 is 12.0 Å². The minimum absolute atomic E-state index is 0.156. The standard InChI is InChI=1S/C17H26N2O4/c20-15(19-17(22)18-14-3-1-2-4-14)10-23-16(21)9-13-8-11-5-6-12(13)7-11/h11-14H,1-10H2,(H2,18,19,20,22)/t11-,12-,13-/m0/s1. The molecule has 3 fully saturated rings. The fourth-order valence-electron chi connectivity index (χ4n) is 4.50. The van der Waals surface area contributed by atoms with Crippen molar-refractivity contribution in [3.63, 3.8) is 0 Å². The van der Waals surface area contributed by atoms with Gasteiger partial charge < -0.3 is 10.1 Å². The van der Waals surface area contributed by atoms with Crippen molar-refractivity contribution in [3.8, 4) is 0 Å². The quantitative estimate of drug-likeness (QED) is 0.759. The largest absolute Gasteiger partial charge is 0.456 e. The van der Waals surface area contributed by atoms with Gasteiger partial charge in [0.2, 0.25) is 0 Å². The zero-order valence-corrected chi connectivity index (χ0v) is 13.5. The Morgan fingerprint density at radius 1 is 1.00 bits per heavy atom. The molecule has 0 radical (unpaired) electrons. The first-order valence-corrected chi connectivity index (χ1v) is 8.86. The van der Waals surface area contributed by atoms with Gasteiger partial charge in [0.25, 0.3) is 5.91 Å². The Labute approximate surface area is 136 Å². The number of imide groups is 1. The van der Waals surface area contributed by atoms with Crippen LogP contribution in [0, 0.1) is 17.8 Å². The molecule has 3 rings (SSSR count). The van der Waals surface area contributed by atoms with Gasteiger partial charge in [0.05, 0.1) is 0 Å². The van der Waals surface area contributed by atoms with Crippen LogP contribution in [0.3, 0.4) is 0 Å². The van der Waals surface area contributed by atoms with Gasteiger partial charge in [-0.25, -0.2) is 4.79 Å². The molecule has 0 unspecified atom stereocenters. The Morgan fingerprint density at radius 3 is 2.43 bits per heavy atom. The van der Waals surface area contributed by atoms with E-state index >= 15 is 0 Å². The van der Waals surface area contributed by atoms with Gasteiger partial charge in [-0.2, -0.15) is 0 Å². The van der Waals surface area contributed by atoms with Crippen LogP contribution in [0.4, 0.5) is 4.79 Å². The van der Waals surface area contributed by atoms with Crippen molar-refractivity contribution >= 4 is 17.9 Å². The SMILES string of the molecule is O=C(COC(=O)C[C@@H]1C[C@H]2CC[C@H]1C2)NC(=O)NC1CCCC1. The molecular formula is C17H26N2O4. The van der Waals surface area contributed by atoms with Crippen molar-refractivity contribution in [1.29, 1.82) is 0 Å². The molecule has 2 bridgehead atoms. The molecule has 0 saturated heterocycles. The fourth-order valence-corrected chi connectivity index (χ4v) is 4.50. The molecule has 3 amide bonds. The number of rotatable bonds is 5. The van der Waals surface area contributed by atoms with Crippen LogP contribution in [0.25, 0.3) is 0 Å². The molecular weight excluding hydrogens is 296 g/mol. The van der Waals surface area contributed by atoms with E-state index in [-0.39, 0.29) is 18.6 Å². The molecule has 128 valence electrons. The van der Waals surface area contributed by atoms with E-state index in [2.05, 4.69) is 10.6 Å². The molecule has 0 aromatic rings. The topological polar surface area (TPSA) is 84.5 Å². The van der Waals surface area contributed by atoms with Gasteiger partial charge in [0, 0.05) is 12.5 Å². The van der Waals surface area contributed by atoms with Crippen molar-refractivity contribution < 1.29 is 19.1 Å². The average Bonchev–Trinajstić information content (AvgIpc) is 3.22. The van der Waals surface area contributed by atoms with Gasteiger partial charge in [-0.1, -0.05) is 19.3 Å². The van der Waals surface area contributed by atoms with E-state index in [4.69, 9.17) is 4.74 Å². The molecule has 0 aliphatic heterocycles. The summed E-state index contributed by atoms with van der Waals surface area (Å²) >= 11 is 0. The fraction of sp³-hybridized carbons (Fsp3) is 0.824. The Hall–Kier alpha value is -1.59. The highest BCUT2D eigenvalue weighted by Crippen LogP contribution is 2.49. The second-order valence-electron chi connectivity index (χ2n) is 7.30. The van der Waals surface area contributed by atoms with Crippen LogP contribution in [0.2, 0.25) is 0 Å².